The molecule has 4 N–H and O–H groups in total. The Kier molecular flexibility index (Phi) is 4.54. The number of nitrogens with two attached hydrogens (primary N) is 1. The Morgan fingerprint density at radius 3 is 2.33 bits per heavy atom. The predicted octanol–water partition coefficient (Wildman–Crippen LogP) is 2.25. The van der Waals surface area contributed by atoms with Crippen LogP contribution in [0.25, 0.3) is 0 Å². The SMILES string of the molecule is Cc1nc(Nc2ccc(NC(N)=S)cc2)cc(N(C)C)n1. The normalized spacial score (nSPS) is 10.0. The molecule has 2 rings (SSSR count). The van der Waals surface area contributed by atoms with Gasteiger partial charge in [0, 0.05) is 31.5 Å². The number of aromatic nitrogens is 2. The number of benzene rings is 1. The largest absolute Gasteiger partial charge is 0.376 e. The summed E-state index contributed by atoms with van der Waals surface area (Å²) in [5.74, 6) is 2.33. The lowest BCUT2D eigenvalue weighted by Gasteiger charge is -2.14. The highest BCUT2D eigenvalue weighted by atomic mass is 32.1. The fraction of sp³-hybridized carbons (Fsp3) is 0.214. The monoisotopic (exact) mass is 302 g/mol. The minimum Gasteiger partial charge on any atom is -0.376 e. The summed E-state index contributed by atoms with van der Waals surface area (Å²) in [5, 5.41) is 6.38. The van der Waals surface area contributed by atoms with Crippen LogP contribution >= 0.6 is 12.2 Å². The molecule has 0 saturated carbocycles. The average Bonchev–Trinajstić information content (AvgIpc) is 2.39. The summed E-state index contributed by atoms with van der Waals surface area (Å²) in [6.45, 7) is 1.87. The van der Waals surface area contributed by atoms with Gasteiger partial charge in [-0.05, 0) is 43.4 Å². The van der Waals surface area contributed by atoms with Crippen molar-refractivity contribution < 1.29 is 0 Å². The minimum atomic E-state index is 0.248. The van der Waals surface area contributed by atoms with Gasteiger partial charge in [-0.15, -0.1) is 0 Å². The summed E-state index contributed by atoms with van der Waals surface area (Å²) in [6, 6.07) is 9.53. The Hall–Kier alpha value is -2.41. The second-order valence-electron chi connectivity index (χ2n) is 4.74. The topological polar surface area (TPSA) is 79.1 Å². The zero-order valence-electron chi connectivity index (χ0n) is 12.2. The van der Waals surface area contributed by atoms with E-state index >= 15 is 0 Å². The third kappa shape index (κ3) is 4.28. The molecule has 0 spiro atoms. The lowest BCUT2D eigenvalue weighted by Crippen LogP contribution is -2.18. The van der Waals surface area contributed by atoms with Crippen molar-refractivity contribution in [2.75, 3.05) is 29.6 Å². The van der Waals surface area contributed by atoms with Gasteiger partial charge >= 0.3 is 0 Å². The first-order chi connectivity index (χ1) is 9.94. The number of aryl methyl sites for hydroxylation is 1. The summed E-state index contributed by atoms with van der Waals surface area (Å²) >= 11 is 4.80. The Morgan fingerprint density at radius 1 is 1.14 bits per heavy atom. The highest BCUT2D eigenvalue weighted by Crippen LogP contribution is 2.20. The van der Waals surface area contributed by atoms with Crippen molar-refractivity contribution in [1.29, 1.82) is 0 Å². The lowest BCUT2D eigenvalue weighted by molar-refractivity contribution is 0.991. The zero-order chi connectivity index (χ0) is 15.4. The summed E-state index contributed by atoms with van der Waals surface area (Å²) < 4.78 is 0. The molecule has 6 nitrogen and oxygen atoms in total. The van der Waals surface area contributed by atoms with Crippen LogP contribution < -0.4 is 21.3 Å². The fourth-order valence-electron chi connectivity index (χ4n) is 1.77. The Bertz CT molecular complexity index is 638. The number of anilines is 4. The van der Waals surface area contributed by atoms with Gasteiger partial charge in [-0.1, -0.05) is 0 Å². The number of nitrogens with one attached hydrogen (secondary N) is 2. The molecular formula is C14H18N6S. The molecular weight excluding hydrogens is 284 g/mol. The Balaban J connectivity index is 2.16. The van der Waals surface area contributed by atoms with E-state index in [0.29, 0.717) is 0 Å². The van der Waals surface area contributed by atoms with Gasteiger partial charge in [-0.3, -0.25) is 0 Å². The highest BCUT2D eigenvalue weighted by Gasteiger charge is 2.04. The second-order valence-corrected chi connectivity index (χ2v) is 5.18. The molecule has 1 aromatic carbocycles. The first-order valence-electron chi connectivity index (χ1n) is 6.40. The number of rotatable bonds is 4. The van der Waals surface area contributed by atoms with Crippen LogP contribution in [0.15, 0.2) is 30.3 Å². The van der Waals surface area contributed by atoms with Crippen molar-refractivity contribution in [3.63, 3.8) is 0 Å². The van der Waals surface area contributed by atoms with E-state index in [1.807, 2.05) is 56.3 Å². The molecule has 0 atom stereocenters. The van der Waals surface area contributed by atoms with Crippen molar-refractivity contribution in [3.8, 4) is 0 Å². The summed E-state index contributed by atoms with van der Waals surface area (Å²) in [4.78, 5) is 10.7. The molecule has 0 aliphatic heterocycles. The standard InChI is InChI=1S/C14H18N6S/c1-9-16-12(8-13(17-9)20(2)3)18-10-4-6-11(7-5-10)19-14(15)21/h4-8H,1-3H3,(H3,15,19,21)(H,16,17,18). The van der Waals surface area contributed by atoms with Crippen molar-refractivity contribution >= 4 is 40.3 Å². The van der Waals surface area contributed by atoms with Gasteiger partial charge in [0.1, 0.15) is 17.5 Å². The van der Waals surface area contributed by atoms with E-state index in [-0.39, 0.29) is 5.11 Å². The molecule has 0 bridgehead atoms. The zero-order valence-corrected chi connectivity index (χ0v) is 13.0. The maximum absolute atomic E-state index is 5.43. The van der Waals surface area contributed by atoms with Gasteiger partial charge in [-0.25, -0.2) is 9.97 Å². The van der Waals surface area contributed by atoms with E-state index in [0.717, 1.165) is 28.8 Å². The fourth-order valence-corrected chi connectivity index (χ4v) is 1.89. The van der Waals surface area contributed by atoms with Crippen molar-refractivity contribution in [1.82, 2.24) is 9.97 Å². The van der Waals surface area contributed by atoms with E-state index in [4.69, 9.17) is 18.0 Å². The van der Waals surface area contributed by atoms with E-state index in [1.54, 1.807) is 0 Å². The molecule has 21 heavy (non-hydrogen) atoms. The molecule has 2 aromatic rings. The molecule has 7 heteroatoms. The van der Waals surface area contributed by atoms with Crippen LogP contribution in [0.3, 0.4) is 0 Å². The number of hydrogen-bond donors (Lipinski definition) is 3. The van der Waals surface area contributed by atoms with Gasteiger partial charge in [0.2, 0.25) is 0 Å². The average molecular weight is 302 g/mol. The van der Waals surface area contributed by atoms with E-state index in [9.17, 15) is 0 Å². The van der Waals surface area contributed by atoms with Crippen molar-refractivity contribution in [2.45, 2.75) is 6.92 Å². The van der Waals surface area contributed by atoms with Gasteiger partial charge in [0.15, 0.2) is 5.11 Å². The van der Waals surface area contributed by atoms with Crippen LogP contribution in [0.4, 0.5) is 23.0 Å². The van der Waals surface area contributed by atoms with Crippen molar-refractivity contribution in [2.24, 2.45) is 5.73 Å². The first kappa shape index (κ1) is 15.0. The smallest absolute Gasteiger partial charge is 0.168 e. The van der Waals surface area contributed by atoms with E-state index in [1.165, 1.54) is 0 Å². The lowest BCUT2D eigenvalue weighted by atomic mass is 10.3. The number of nitrogens with zero attached hydrogens (tertiary/aromatic N) is 3. The van der Waals surface area contributed by atoms with Gasteiger partial charge < -0.3 is 21.3 Å². The molecule has 110 valence electrons. The molecule has 0 aliphatic carbocycles. The van der Waals surface area contributed by atoms with Crippen LogP contribution in [0.5, 0.6) is 0 Å². The third-order valence-corrected chi connectivity index (χ3v) is 2.81. The maximum Gasteiger partial charge on any atom is 0.168 e. The second kappa shape index (κ2) is 6.36. The molecule has 0 unspecified atom stereocenters. The Labute approximate surface area is 129 Å². The molecule has 1 aromatic heterocycles. The summed E-state index contributed by atoms with van der Waals surface area (Å²) in [6.07, 6.45) is 0. The summed E-state index contributed by atoms with van der Waals surface area (Å²) in [5.41, 5.74) is 7.20. The number of thiocarbonyl (C=S) groups is 1. The van der Waals surface area contributed by atoms with Gasteiger partial charge in [0.25, 0.3) is 0 Å². The van der Waals surface area contributed by atoms with E-state index in [2.05, 4.69) is 20.6 Å². The van der Waals surface area contributed by atoms with Crippen LogP contribution in [-0.2, 0) is 0 Å². The van der Waals surface area contributed by atoms with Gasteiger partial charge in [0.05, 0.1) is 0 Å². The highest BCUT2D eigenvalue weighted by molar-refractivity contribution is 7.80. The van der Waals surface area contributed by atoms with Crippen LogP contribution in [0, 0.1) is 6.92 Å². The first-order valence-corrected chi connectivity index (χ1v) is 6.81. The molecule has 0 fully saturated rings. The van der Waals surface area contributed by atoms with E-state index < -0.39 is 0 Å². The summed E-state index contributed by atoms with van der Waals surface area (Å²) in [7, 11) is 3.89. The third-order valence-electron chi connectivity index (χ3n) is 2.71. The molecule has 0 saturated heterocycles. The molecule has 0 amide bonds. The predicted molar refractivity (Wildman–Crippen MR) is 91.2 cm³/mol. The maximum atomic E-state index is 5.43. The number of hydrogen-bond acceptors (Lipinski definition) is 5. The van der Waals surface area contributed by atoms with Crippen LogP contribution in [-0.4, -0.2) is 29.2 Å². The van der Waals surface area contributed by atoms with Crippen LogP contribution in [0.1, 0.15) is 5.82 Å². The molecule has 0 radical (unpaired) electrons. The van der Waals surface area contributed by atoms with Gasteiger partial charge in [-0.2, -0.15) is 0 Å². The Morgan fingerprint density at radius 2 is 1.76 bits per heavy atom. The molecule has 0 aliphatic rings. The minimum absolute atomic E-state index is 0.248. The van der Waals surface area contributed by atoms with Crippen LogP contribution in [0.2, 0.25) is 0 Å². The van der Waals surface area contributed by atoms with Crippen molar-refractivity contribution in [3.05, 3.63) is 36.2 Å². The molecule has 1 heterocycles. The quantitative estimate of drug-likeness (QED) is 0.747.